The van der Waals surface area contributed by atoms with E-state index in [9.17, 15) is 9.18 Å². The maximum absolute atomic E-state index is 13.4. The highest BCUT2D eigenvalue weighted by Gasteiger charge is 2.68. The van der Waals surface area contributed by atoms with Gasteiger partial charge in [-0.15, -0.1) is 12.4 Å². The molecule has 9 heteroatoms. The number of carbonyl (C=O) groups is 1. The van der Waals surface area contributed by atoms with Gasteiger partial charge in [-0.05, 0) is 55.4 Å². The summed E-state index contributed by atoms with van der Waals surface area (Å²) in [5, 5.41) is 6.02. The first-order valence-corrected chi connectivity index (χ1v) is 11.9. The first kappa shape index (κ1) is 24.8. The molecule has 1 amide bonds. The standard InChI is InChI=1S/C24H34BFN2O4.ClH/c1-23(2)16-10-19(23)24(3)20(11-16)31-25(32-24)21(9-15-7-5-4-6-8-15)28-22(29)30-14-18-12-17(26)13-27-18;/h4-8,16-21,27H,9-14H2,1-3H3,(H,28,29);1H/t16-,17-,18+,19-,20+,21-,24-;/m0./s1. The second-order valence-corrected chi connectivity index (χ2v) is 10.8. The number of hydrogen-bond donors (Lipinski definition) is 2. The van der Waals surface area contributed by atoms with E-state index < -0.39 is 19.4 Å². The van der Waals surface area contributed by atoms with Gasteiger partial charge in [0.25, 0.3) is 0 Å². The van der Waals surface area contributed by atoms with Crippen molar-refractivity contribution in [1.82, 2.24) is 10.6 Å². The lowest BCUT2D eigenvalue weighted by atomic mass is 9.43. The largest absolute Gasteiger partial charge is 0.482 e. The molecule has 3 aliphatic carbocycles. The van der Waals surface area contributed by atoms with Gasteiger partial charge in [-0.25, -0.2) is 9.18 Å². The molecule has 2 saturated heterocycles. The predicted octanol–water partition coefficient (Wildman–Crippen LogP) is 3.71. The summed E-state index contributed by atoms with van der Waals surface area (Å²) in [7, 11) is -0.535. The van der Waals surface area contributed by atoms with Gasteiger partial charge in [0, 0.05) is 12.6 Å². The Labute approximate surface area is 202 Å². The van der Waals surface area contributed by atoms with Crippen LogP contribution in [0.4, 0.5) is 9.18 Å². The van der Waals surface area contributed by atoms with E-state index in [0.717, 1.165) is 12.0 Å². The van der Waals surface area contributed by atoms with E-state index in [4.69, 9.17) is 14.0 Å². The summed E-state index contributed by atoms with van der Waals surface area (Å²) in [5.74, 6) is 0.741. The molecule has 7 atom stereocenters. The summed E-state index contributed by atoms with van der Waals surface area (Å²) in [6.07, 6.45) is 1.77. The molecule has 3 saturated carbocycles. The van der Waals surface area contributed by atoms with Gasteiger partial charge < -0.3 is 24.7 Å². The fraction of sp³-hybridized carbons (Fsp3) is 0.708. The van der Waals surface area contributed by atoms with Crippen molar-refractivity contribution in [2.24, 2.45) is 17.3 Å². The van der Waals surface area contributed by atoms with E-state index in [0.29, 0.717) is 31.2 Å². The van der Waals surface area contributed by atoms with Crippen LogP contribution in [0.15, 0.2) is 30.3 Å². The zero-order valence-corrected chi connectivity index (χ0v) is 20.4. The minimum Gasteiger partial charge on any atom is -0.448 e. The molecule has 2 bridgehead atoms. The Kier molecular flexibility index (Phi) is 7.03. The van der Waals surface area contributed by atoms with Gasteiger partial charge in [0.1, 0.15) is 12.8 Å². The fourth-order valence-electron chi connectivity index (χ4n) is 6.42. The number of amides is 1. The normalized spacial score (nSPS) is 36.8. The summed E-state index contributed by atoms with van der Waals surface area (Å²) in [6, 6.07) is 9.87. The Bertz CT molecular complexity index is 849. The fourth-order valence-corrected chi connectivity index (χ4v) is 6.42. The molecule has 33 heavy (non-hydrogen) atoms. The molecule has 0 spiro atoms. The number of carbonyl (C=O) groups excluding carboxylic acids is 1. The maximum atomic E-state index is 13.4. The van der Waals surface area contributed by atoms with Gasteiger partial charge in [-0.1, -0.05) is 44.2 Å². The van der Waals surface area contributed by atoms with Gasteiger partial charge in [0.2, 0.25) is 0 Å². The average Bonchev–Trinajstić information content (AvgIpc) is 3.34. The van der Waals surface area contributed by atoms with E-state index in [1.54, 1.807) is 0 Å². The molecule has 0 radical (unpaired) electrons. The molecular formula is C24H35BClFN2O4. The van der Waals surface area contributed by atoms with Crippen molar-refractivity contribution in [3.63, 3.8) is 0 Å². The SMILES string of the molecule is CC1(C)[C@@H]2C[C@H]3OB([C@H](Cc4ccccc4)NC(=O)OC[C@H]4C[C@H](F)CN4)O[C@@]3(C)[C@H]1C2.Cl. The molecule has 5 fully saturated rings. The minimum atomic E-state index is -0.877. The number of alkyl carbamates (subject to hydrolysis) is 1. The lowest BCUT2D eigenvalue weighted by molar-refractivity contribution is -0.199. The van der Waals surface area contributed by atoms with E-state index >= 15 is 0 Å². The van der Waals surface area contributed by atoms with Crippen molar-refractivity contribution in [3.05, 3.63) is 35.9 Å². The Morgan fingerprint density at radius 2 is 2.03 bits per heavy atom. The summed E-state index contributed by atoms with van der Waals surface area (Å²) in [4.78, 5) is 12.6. The van der Waals surface area contributed by atoms with E-state index in [1.807, 2.05) is 30.3 Å². The van der Waals surface area contributed by atoms with E-state index in [2.05, 4.69) is 31.4 Å². The first-order valence-electron chi connectivity index (χ1n) is 11.9. The molecule has 0 unspecified atom stereocenters. The molecule has 2 N–H and O–H groups in total. The second-order valence-electron chi connectivity index (χ2n) is 10.8. The van der Waals surface area contributed by atoms with Crippen LogP contribution in [0.5, 0.6) is 0 Å². The Morgan fingerprint density at radius 1 is 1.27 bits per heavy atom. The summed E-state index contributed by atoms with van der Waals surface area (Å²) in [5.41, 5.74) is 1.01. The lowest BCUT2D eigenvalue weighted by Gasteiger charge is -2.64. The number of nitrogens with one attached hydrogen (secondary N) is 2. The van der Waals surface area contributed by atoms with Crippen molar-refractivity contribution in [3.8, 4) is 0 Å². The number of ether oxygens (including phenoxy) is 1. The number of benzene rings is 1. The van der Waals surface area contributed by atoms with Crippen molar-refractivity contribution in [2.45, 2.75) is 76.3 Å². The quantitative estimate of drug-likeness (QED) is 0.608. The molecule has 2 heterocycles. The molecule has 6 rings (SSSR count). The highest BCUT2D eigenvalue weighted by atomic mass is 35.5. The molecule has 1 aromatic carbocycles. The molecule has 0 aromatic heterocycles. The van der Waals surface area contributed by atoms with E-state index in [-0.39, 0.29) is 48.1 Å². The summed E-state index contributed by atoms with van der Waals surface area (Å²) < 4.78 is 31.8. The highest BCUT2D eigenvalue weighted by Crippen LogP contribution is 2.65. The summed E-state index contributed by atoms with van der Waals surface area (Å²) >= 11 is 0. The highest BCUT2D eigenvalue weighted by molar-refractivity contribution is 6.47. The number of alkyl halides is 1. The number of hydrogen-bond acceptors (Lipinski definition) is 5. The van der Waals surface area contributed by atoms with Crippen molar-refractivity contribution in [1.29, 1.82) is 0 Å². The van der Waals surface area contributed by atoms with Gasteiger partial charge in [-0.3, -0.25) is 0 Å². The second kappa shape index (κ2) is 9.36. The van der Waals surface area contributed by atoms with Crippen LogP contribution in [0.3, 0.4) is 0 Å². The van der Waals surface area contributed by atoms with Crippen LogP contribution in [0.2, 0.25) is 0 Å². The van der Waals surface area contributed by atoms with Crippen LogP contribution in [0.1, 0.15) is 45.6 Å². The van der Waals surface area contributed by atoms with E-state index in [1.165, 1.54) is 6.42 Å². The third kappa shape index (κ3) is 4.64. The van der Waals surface area contributed by atoms with Crippen LogP contribution in [-0.2, 0) is 20.5 Å². The Hall–Kier alpha value is -1.35. The minimum absolute atomic E-state index is 0. The van der Waals surface area contributed by atoms with Crippen molar-refractivity contribution < 1.29 is 23.2 Å². The topological polar surface area (TPSA) is 68.8 Å². The summed E-state index contributed by atoms with van der Waals surface area (Å²) in [6.45, 7) is 7.31. The Balaban J connectivity index is 0.00000259. The van der Waals surface area contributed by atoms with Crippen LogP contribution in [0.25, 0.3) is 0 Å². The van der Waals surface area contributed by atoms with Gasteiger partial charge in [0.05, 0.1) is 17.6 Å². The maximum Gasteiger partial charge on any atom is 0.482 e. The molecule has 5 aliphatic rings. The van der Waals surface area contributed by atoms with Crippen LogP contribution in [0, 0.1) is 17.3 Å². The monoisotopic (exact) mass is 480 g/mol. The number of rotatable bonds is 6. The van der Waals surface area contributed by atoms with Crippen LogP contribution >= 0.6 is 12.4 Å². The molecule has 6 nitrogen and oxygen atoms in total. The molecule has 182 valence electrons. The van der Waals surface area contributed by atoms with Gasteiger partial charge >= 0.3 is 13.2 Å². The van der Waals surface area contributed by atoms with Crippen molar-refractivity contribution in [2.75, 3.05) is 13.2 Å². The predicted molar refractivity (Wildman–Crippen MR) is 127 cm³/mol. The van der Waals surface area contributed by atoms with Gasteiger partial charge in [-0.2, -0.15) is 0 Å². The molecule has 1 aromatic rings. The Morgan fingerprint density at radius 3 is 2.70 bits per heavy atom. The van der Waals surface area contributed by atoms with Crippen LogP contribution in [-0.4, -0.2) is 56.2 Å². The van der Waals surface area contributed by atoms with Crippen LogP contribution < -0.4 is 10.6 Å². The third-order valence-electron chi connectivity index (χ3n) is 8.48. The molecule has 2 aliphatic heterocycles. The first-order chi connectivity index (χ1) is 15.3. The van der Waals surface area contributed by atoms with Gasteiger partial charge in [0.15, 0.2) is 0 Å². The average molecular weight is 481 g/mol. The lowest BCUT2D eigenvalue weighted by Crippen LogP contribution is -2.65. The zero-order valence-electron chi connectivity index (χ0n) is 19.6. The zero-order chi connectivity index (χ0) is 22.5. The van der Waals surface area contributed by atoms with Crippen molar-refractivity contribution >= 4 is 25.6 Å². The third-order valence-corrected chi connectivity index (χ3v) is 8.48. The number of halogens is 2. The smallest absolute Gasteiger partial charge is 0.448 e. The molecular weight excluding hydrogens is 446 g/mol.